The van der Waals surface area contributed by atoms with Gasteiger partial charge in [0.25, 0.3) is 0 Å². The molecule has 0 amide bonds. The Morgan fingerprint density at radius 3 is 2.76 bits per heavy atom. The lowest BCUT2D eigenvalue weighted by Crippen LogP contribution is -1.91. The Hall–Kier alpha value is -2.60. The van der Waals surface area contributed by atoms with Crippen LogP contribution in [0.25, 0.3) is 16.6 Å². The number of nitrogens with zero attached hydrogens (tertiary/aromatic N) is 3. The standard InChI is InChI=1S/C14H9N3/c15-8-11-10-17(12-4-3-7-16-9-12)14-6-2-1-5-13(11)14/h1-7,9-10H. The first kappa shape index (κ1) is 9.61. The second-order valence-electron chi connectivity index (χ2n) is 3.75. The molecule has 0 aliphatic rings. The van der Waals surface area contributed by atoms with Crippen LogP contribution in [-0.4, -0.2) is 9.55 Å². The van der Waals surface area contributed by atoms with Crippen LogP contribution >= 0.6 is 0 Å². The van der Waals surface area contributed by atoms with Crippen LogP contribution in [-0.2, 0) is 0 Å². The normalized spacial score (nSPS) is 10.3. The fourth-order valence-electron chi connectivity index (χ4n) is 1.98. The fourth-order valence-corrected chi connectivity index (χ4v) is 1.98. The molecular weight excluding hydrogens is 210 g/mol. The number of pyridine rings is 1. The molecule has 0 radical (unpaired) electrons. The van der Waals surface area contributed by atoms with Crippen molar-refractivity contribution in [3.05, 3.63) is 60.6 Å². The molecule has 17 heavy (non-hydrogen) atoms. The number of rotatable bonds is 1. The quantitative estimate of drug-likeness (QED) is 0.631. The molecule has 0 fully saturated rings. The minimum atomic E-state index is 0.685. The Morgan fingerprint density at radius 2 is 2.00 bits per heavy atom. The van der Waals surface area contributed by atoms with Gasteiger partial charge in [-0.15, -0.1) is 0 Å². The molecule has 0 bridgehead atoms. The highest BCUT2D eigenvalue weighted by atomic mass is 15.0. The Kier molecular flexibility index (Phi) is 2.13. The molecule has 1 aromatic carbocycles. The van der Waals surface area contributed by atoms with Crippen LogP contribution in [0.5, 0.6) is 0 Å². The van der Waals surface area contributed by atoms with Gasteiger partial charge in [0.15, 0.2) is 0 Å². The predicted molar refractivity (Wildman–Crippen MR) is 65.8 cm³/mol. The maximum Gasteiger partial charge on any atom is 0.101 e. The largest absolute Gasteiger partial charge is 0.314 e. The van der Waals surface area contributed by atoms with E-state index in [1.165, 1.54) is 0 Å². The van der Waals surface area contributed by atoms with Crippen molar-refractivity contribution in [2.45, 2.75) is 0 Å². The highest BCUT2D eigenvalue weighted by Crippen LogP contribution is 2.23. The molecule has 3 rings (SSSR count). The zero-order chi connectivity index (χ0) is 11.7. The number of benzene rings is 1. The van der Waals surface area contributed by atoms with E-state index in [9.17, 15) is 0 Å². The molecule has 0 saturated heterocycles. The van der Waals surface area contributed by atoms with Gasteiger partial charge in [0.05, 0.1) is 23.0 Å². The van der Waals surface area contributed by atoms with Crippen molar-refractivity contribution < 1.29 is 0 Å². The summed E-state index contributed by atoms with van der Waals surface area (Å²) in [6.07, 6.45) is 5.37. The van der Waals surface area contributed by atoms with Gasteiger partial charge in [0.1, 0.15) is 6.07 Å². The van der Waals surface area contributed by atoms with Crippen molar-refractivity contribution in [2.75, 3.05) is 0 Å². The van der Waals surface area contributed by atoms with Gasteiger partial charge in [-0.25, -0.2) is 0 Å². The van der Waals surface area contributed by atoms with Gasteiger partial charge in [-0.3, -0.25) is 4.98 Å². The number of hydrogen-bond donors (Lipinski definition) is 0. The molecule has 0 aliphatic heterocycles. The van der Waals surface area contributed by atoms with Crippen LogP contribution in [0.4, 0.5) is 0 Å². The number of fused-ring (bicyclic) bond motifs is 1. The van der Waals surface area contributed by atoms with Crippen molar-refractivity contribution in [2.24, 2.45) is 0 Å². The zero-order valence-corrected chi connectivity index (χ0v) is 9.04. The summed E-state index contributed by atoms with van der Waals surface area (Å²) in [4.78, 5) is 4.10. The average Bonchev–Trinajstić information content (AvgIpc) is 2.78. The fraction of sp³-hybridized carbons (Fsp3) is 0. The summed E-state index contributed by atoms with van der Waals surface area (Å²) in [5, 5.41) is 10.1. The highest BCUT2D eigenvalue weighted by Gasteiger charge is 2.08. The van der Waals surface area contributed by atoms with E-state index in [1.807, 2.05) is 47.2 Å². The van der Waals surface area contributed by atoms with E-state index in [-0.39, 0.29) is 0 Å². The molecule has 0 spiro atoms. The van der Waals surface area contributed by atoms with Crippen molar-refractivity contribution in [3.8, 4) is 11.8 Å². The summed E-state index contributed by atoms with van der Waals surface area (Å²) >= 11 is 0. The first-order chi connectivity index (χ1) is 8.40. The van der Waals surface area contributed by atoms with Crippen molar-refractivity contribution >= 4 is 10.9 Å². The van der Waals surface area contributed by atoms with Gasteiger partial charge in [-0.2, -0.15) is 5.26 Å². The minimum Gasteiger partial charge on any atom is -0.314 e. The van der Waals surface area contributed by atoms with Crippen LogP contribution in [0.3, 0.4) is 0 Å². The number of hydrogen-bond acceptors (Lipinski definition) is 2. The molecule has 3 heteroatoms. The van der Waals surface area contributed by atoms with E-state index in [0.29, 0.717) is 5.56 Å². The molecule has 2 heterocycles. The highest BCUT2D eigenvalue weighted by molar-refractivity contribution is 5.87. The summed E-state index contributed by atoms with van der Waals surface area (Å²) in [5.41, 5.74) is 2.67. The van der Waals surface area contributed by atoms with E-state index in [1.54, 1.807) is 12.4 Å². The molecule has 0 N–H and O–H groups in total. The van der Waals surface area contributed by atoms with Crippen molar-refractivity contribution in [3.63, 3.8) is 0 Å². The van der Waals surface area contributed by atoms with Crippen LogP contribution in [0.2, 0.25) is 0 Å². The molecule has 80 valence electrons. The topological polar surface area (TPSA) is 41.6 Å². The predicted octanol–water partition coefficient (Wildman–Crippen LogP) is 2.90. The van der Waals surface area contributed by atoms with Gasteiger partial charge in [0, 0.05) is 17.8 Å². The number of para-hydroxylation sites is 1. The first-order valence-electron chi connectivity index (χ1n) is 5.31. The van der Waals surface area contributed by atoms with Gasteiger partial charge in [-0.05, 0) is 18.2 Å². The maximum atomic E-state index is 9.12. The third-order valence-electron chi connectivity index (χ3n) is 2.76. The molecule has 0 saturated carbocycles. The molecule has 0 aliphatic carbocycles. The molecular formula is C14H9N3. The van der Waals surface area contributed by atoms with Crippen molar-refractivity contribution in [1.82, 2.24) is 9.55 Å². The van der Waals surface area contributed by atoms with Gasteiger partial charge in [0.2, 0.25) is 0 Å². The summed E-state index contributed by atoms with van der Waals surface area (Å²) in [6.45, 7) is 0. The lowest BCUT2D eigenvalue weighted by Gasteiger charge is -2.03. The third-order valence-corrected chi connectivity index (χ3v) is 2.76. The van der Waals surface area contributed by atoms with Gasteiger partial charge in [-0.1, -0.05) is 18.2 Å². The summed E-state index contributed by atoms with van der Waals surface area (Å²) in [5.74, 6) is 0. The van der Waals surface area contributed by atoms with Crippen LogP contribution in [0.1, 0.15) is 5.56 Å². The molecule has 0 atom stereocenters. The average molecular weight is 219 g/mol. The summed E-state index contributed by atoms with van der Waals surface area (Å²) in [6, 6.07) is 13.9. The Morgan fingerprint density at radius 1 is 1.12 bits per heavy atom. The Balaban J connectivity index is 2.35. The van der Waals surface area contributed by atoms with Crippen LogP contribution in [0, 0.1) is 11.3 Å². The summed E-state index contributed by atoms with van der Waals surface area (Å²) < 4.78 is 1.99. The number of nitriles is 1. The van der Waals surface area contributed by atoms with Crippen LogP contribution in [0.15, 0.2) is 55.0 Å². The second kappa shape index (κ2) is 3.76. The van der Waals surface area contributed by atoms with E-state index >= 15 is 0 Å². The van der Waals surface area contributed by atoms with E-state index < -0.39 is 0 Å². The van der Waals surface area contributed by atoms with Crippen LogP contribution < -0.4 is 0 Å². The summed E-state index contributed by atoms with van der Waals surface area (Å²) in [7, 11) is 0. The SMILES string of the molecule is N#Cc1cn(-c2cccnc2)c2ccccc12. The van der Waals surface area contributed by atoms with E-state index in [2.05, 4.69) is 11.1 Å². The monoisotopic (exact) mass is 219 g/mol. The molecule has 3 aromatic rings. The number of aromatic nitrogens is 2. The second-order valence-corrected chi connectivity index (χ2v) is 3.75. The molecule has 0 unspecified atom stereocenters. The third kappa shape index (κ3) is 1.47. The van der Waals surface area contributed by atoms with Gasteiger partial charge < -0.3 is 4.57 Å². The maximum absolute atomic E-state index is 9.12. The first-order valence-corrected chi connectivity index (χ1v) is 5.31. The zero-order valence-electron chi connectivity index (χ0n) is 9.04. The minimum absolute atomic E-state index is 0.685. The van der Waals surface area contributed by atoms with E-state index in [0.717, 1.165) is 16.6 Å². The molecule has 2 aromatic heterocycles. The Bertz CT molecular complexity index is 705. The van der Waals surface area contributed by atoms with E-state index in [4.69, 9.17) is 5.26 Å². The lowest BCUT2D eigenvalue weighted by molar-refractivity contribution is 1.10. The Labute approximate surface area is 98.6 Å². The van der Waals surface area contributed by atoms with Gasteiger partial charge >= 0.3 is 0 Å². The molecule has 3 nitrogen and oxygen atoms in total. The van der Waals surface area contributed by atoms with Crippen molar-refractivity contribution in [1.29, 1.82) is 5.26 Å². The lowest BCUT2D eigenvalue weighted by atomic mass is 10.2. The smallest absolute Gasteiger partial charge is 0.101 e.